The molecule has 0 spiro atoms. The van der Waals surface area contributed by atoms with Crippen LogP contribution in [-0.2, 0) is 16.0 Å². The van der Waals surface area contributed by atoms with Gasteiger partial charge in [-0.3, -0.25) is 0 Å². The molecule has 1 aromatic heterocycles. The number of aromatic nitrogens is 1. The van der Waals surface area contributed by atoms with E-state index in [-0.39, 0.29) is 35.9 Å². The number of nitrogens with zero attached hydrogens (tertiary/aromatic N) is 2. The van der Waals surface area contributed by atoms with E-state index in [2.05, 4.69) is 20.6 Å². The highest BCUT2D eigenvalue weighted by atomic mass is 127. The highest BCUT2D eigenvalue weighted by molar-refractivity contribution is 14.0. The minimum atomic E-state index is -0.346. The van der Waals surface area contributed by atoms with Crippen molar-refractivity contribution in [1.29, 1.82) is 0 Å². The Labute approximate surface area is 206 Å². The van der Waals surface area contributed by atoms with Crippen LogP contribution in [0.2, 0.25) is 0 Å². The predicted molar refractivity (Wildman–Crippen MR) is 133 cm³/mol. The van der Waals surface area contributed by atoms with Crippen LogP contribution in [0, 0.1) is 5.82 Å². The summed E-state index contributed by atoms with van der Waals surface area (Å²) in [6.45, 7) is 6.30. The number of guanidine groups is 1. The third-order valence-electron chi connectivity index (χ3n) is 4.67. The van der Waals surface area contributed by atoms with Crippen LogP contribution in [0.1, 0.15) is 31.7 Å². The number of ether oxygens (including phenoxy) is 3. The Morgan fingerprint density at radius 1 is 1.28 bits per heavy atom. The molecule has 1 aliphatic rings. The lowest BCUT2D eigenvalue weighted by Gasteiger charge is -2.12. The fourth-order valence-electron chi connectivity index (χ4n) is 3.10. The zero-order valence-electron chi connectivity index (χ0n) is 18.4. The standard InChI is InChI=1S/C23H31FN4O3.HI/c1-2-25-23(26-11-5-12-29-17-21-8-4-13-30-21)28-16-18-9-10-22(27-15-18)31-20-7-3-6-19(24)14-20;/h3,6-7,9-10,14-15,21H,2,4-5,8,11-13,16-17H2,1H3,(H2,25,26,28);1H. The highest BCUT2D eigenvalue weighted by Gasteiger charge is 2.14. The van der Waals surface area contributed by atoms with Crippen molar-refractivity contribution in [3.05, 3.63) is 54.0 Å². The van der Waals surface area contributed by atoms with Gasteiger partial charge in [-0.05, 0) is 43.9 Å². The zero-order chi connectivity index (χ0) is 21.7. The molecule has 1 fully saturated rings. The molecule has 1 aliphatic heterocycles. The van der Waals surface area contributed by atoms with Gasteiger partial charge in [-0.2, -0.15) is 0 Å². The van der Waals surface area contributed by atoms with E-state index >= 15 is 0 Å². The Balaban J connectivity index is 0.00000363. The third-order valence-corrected chi connectivity index (χ3v) is 4.67. The van der Waals surface area contributed by atoms with Crippen molar-refractivity contribution in [3.8, 4) is 11.6 Å². The average molecular weight is 558 g/mol. The van der Waals surface area contributed by atoms with Crippen molar-refractivity contribution in [1.82, 2.24) is 15.6 Å². The molecule has 1 aromatic carbocycles. The molecule has 0 bridgehead atoms. The summed E-state index contributed by atoms with van der Waals surface area (Å²) in [5.74, 6) is 1.23. The van der Waals surface area contributed by atoms with Crippen molar-refractivity contribution in [3.63, 3.8) is 0 Å². The van der Waals surface area contributed by atoms with Gasteiger partial charge in [-0.25, -0.2) is 14.4 Å². The molecule has 7 nitrogen and oxygen atoms in total. The largest absolute Gasteiger partial charge is 0.439 e. The number of rotatable bonds is 11. The van der Waals surface area contributed by atoms with E-state index in [1.807, 2.05) is 13.0 Å². The number of benzene rings is 1. The number of hydrogen-bond acceptors (Lipinski definition) is 5. The molecule has 1 atom stereocenters. The average Bonchev–Trinajstić information content (AvgIpc) is 3.29. The summed E-state index contributed by atoms with van der Waals surface area (Å²) in [7, 11) is 0. The van der Waals surface area contributed by atoms with Crippen LogP contribution in [0.4, 0.5) is 4.39 Å². The number of pyridine rings is 1. The predicted octanol–water partition coefficient (Wildman–Crippen LogP) is 4.27. The van der Waals surface area contributed by atoms with E-state index in [1.54, 1.807) is 24.4 Å². The van der Waals surface area contributed by atoms with Crippen molar-refractivity contribution < 1.29 is 18.6 Å². The van der Waals surface area contributed by atoms with Crippen molar-refractivity contribution in [2.45, 2.75) is 38.8 Å². The molecule has 3 rings (SSSR count). The lowest BCUT2D eigenvalue weighted by Crippen LogP contribution is -2.38. The van der Waals surface area contributed by atoms with E-state index in [0.29, 0.717) is 31.4 Å². The lowest BCUT2D eigenvalue weighted by atomic mass is 10.2. The maximum absolute atomic E-state index is 13.2. The van der Waals surface area contributed by atoms with Crippen molar-refractivity contribution in [2.75, 3.05) is 32.9 Å². The van der Waals surface area contributed by atoms with Gasteiger partial charge in [-0.15, -0.1) is 24.0 Å². The van der Waals surface area contributed by atoms with Crippen LogP contribution < -0.4 is 15.4 Å². The van der Waals surface area contributed by atoms with E-state index in [4.69, 9.17) is 14.2 Å². The quantitative estimate of drug-likeness (QED) is 0.186. The van der Waals surface area contributed by atoms with Gasteiger partial charge in [0.1, 0.15) is 11.6 Å². The van der Waals surface area contributed by atoms with Gasteiger partial charge >= 0.3 is 0 Å². The smallest absolute Gasteiger partial charge is 0.219 e. The Bertz CT molecular complexity index is 817. The fraction of sp³-hybridized carbons (Fsp3) is 0.478. The molecule has 176 valence electrons. The molecular formula is C23H32FIN4O3. The van der Waals surface area contributed by atoms with Crippen LogP contribution in [0.5, 0.6) is 11.6 Å². The number of nitrogens with one attached hydrogen (secondary N) is 2. The van der Waals surface area contributed by atoms with Crippen LogP contribution in [-0.4, -0.2) is 50.0 Å². The number of aliphatic imine (C=N–C) groups is 1. The minimum Gasteiger partial charge on any atom is -0.439 e. The fourth-order valence-corrected chi connectivity index (χ4v) is 3.10. The molecule has 2 N–H and O–H groups in total. The van der Waals surface area contributed by atoms with Gasteiger partial charge in [0.15, 0.2) is 5.96 Å². The molecule has 2 aromatic rings. The van der Waals surface area contributed by atoms with Crippen molar-refractivity contribution >= 4 is 29.9 Å². The third kappa shape index (κ3) is 9.66. The highest BCUT2D eigenvalue weighted by Crippen LogP contribution is 2.20. The molecule has 1 saturated heterocycles. The van der Waals surface area contributed by atoms with E-state index in [1.165, 1.54) is 12.1 Å². The molecule has 2 heterocycles. The summed E-state index contributed by atoms with van der Waals surface area (Å²) < 4.78 is 30.0. The first-order chi connectivity index (χ1) is 15.2. The summed E-state index contributed by atoms with van der Waals surface area (Å²) in [4.78, 5) is 8.87. The lowest BCUT2D eigenvalue weighted by molar-refractivity contribution is 0.0168. The Kier molecular flexibility index (Phi) is 12.3. The van der Waals surface area contributed by atoms with Crippen LogP contribution in [0.15, 0.2) is 47.6 Å². The van der Waals surface area contributed by atoms with Crippen LogP contribution in [0.3, 0.4) is 0 Å². The maximum Gasteiger partial charge on any atom is 0.219 e. The Morgan fingerprint density at radius 2 is 2.19 bits per heavy atom. The number of halogens is 2. The summed E-state index contributed by atoms with van der Waals surface area (Å²) in [6.07, 6.45) is 5.11. The monoisotopic (exact) mass is 558 g/mol. The van der Waals surface area contributed by atoms with Gasteiger partial charge in [0.05, 0.1) is 19.3 Å². The molecule has 9 heteroatoms. The number of hydrogen-bond donors (Lipinski definition) is 2. The Hall–Kier alpha value is -1.98. The first kappa shape index (κ1) is 26.3. The van der Waals surface area contributed by atoms with Crippen molar-refractivity contribution in [2.24, 2.45) is 4.99 Å². The maximum atomic E-state index is 13.2. The van der Waals surface area contributed by atoms with Crippen LogP contribution >= 0.6 is 24.0 Å². The normalized spacial score (nSPS) is 15.8. The van der Waals surface area contributed by atoms with E-state index in [0.717, 1.165) is 50.5 Å². The zero-order valence-corrected chi connectivity index (χ0v) is 20.7. The summed E-state index contributed by atoms with van der Waals surface area (Å²) in [5, 5.41) is 6.55. The molecule has 0 saturated carbocycles. The Morgan fingerprint density at radius 3 is 2.91 bits per heavy atom. The minimum absolute atomic E-state index is 0. The summed E-state index contributed by atoms with van der Waals surface area (Å²) in [5.41, 5.74) is 0.948. The molecular weight excluding hydrogens is 526 g/mol. The van der Waals surface area contributed by atoms with Gasteiger partial charge in [0.25, 0.3) is 0 Å². The van der Waals surface area contributed by atoms with Gasteiger partial charge in [0, 0.05) is 44.6 Å². The summed E-state index contributed by atoms with van der Waals surface area (Å²) >= 11 is 0. The first-order valence-corrected chi connectivity index (χ1v) is 10.8. The van der Waals surface area contributed by atoms with E-state index < -0.39 is 0 Å². The SMILES string of the molecule is CCNC(=NCc1ccc(Oc2cccc(F)c2)nc1)NCCCOCC1CCCO1.I. The summed E-state index contributed by atoms with van der Waals surface area (Å²) in [6, 6.07) is 9.62. The second-order valence-electron chi connectivity index (χ2n) is 7.25. The molecule has 0 radical (unpaired) electrons. The second-order valence-corrected chi connectivity index (χ2v) is 7.25. The van der Waals surface area contributed by atoms with E-state index in [9.17, 15) is 4.39 Å². The van der Waals surface area contributed by atoms with Gasteiger partial charge in [-0.1, -0.05) is 12.1 Å². The van der Waals surface area contributed by atoms with Gasteiger partial charge in [0.2, 0.25) is 5.88 Å². The molecule has 0 aliphatic carbocycles. The van der Waals surface area contributed by atoms with Crippen LogP contribution in [0.25, 0.3) is 0 Å². The molecule has 32 heavy (non-hydrogen) atoms. The second kappa shape index (κ2) is 15.0. The molecule has 0 amide bonds. The first-order valence-electron chi connectivity index (χ1n) is 10.8. The topological polar surface area (TPSA) is 77.0 Å². The molecule has 1 unspecified atom stereocenters. The van der Waals surface area contributed by atoms with Gasteiger partial charge < -0.3 is 24.8 Å².